The minimum absolute atomic E-state index is 0.0172. The Hall–Kier alpha value is -2.89. The molecule has 166 valence electrons. The van der Waals surface area contributed by atoms with Crippen LogP contribution in [-0.4, -0.2) is 72.6 Å². The average Bonchev–Trinajstić information content (AvgIpc) is 2.73. The van der Waals surface area contributed by atoms with Crippen molar-refractivity contribution in [2.45, 2.75) is 43.0 Å². The third-order valence-electron chi connectivity index (χ3n) is 5.63. The monoisotopic (exact) mass is 434 g/mol. The standard InChI is InChI=1S/C21H22O10/c22-7-14-17(27)18(28)19(29)21(31-14)16-11(25)5-10(24)15-12(26)6-13(30-20(15)16)8-1-3-9(23)4-2-8/h1-5,13-14,17-19,21-25,27-29H,6-7H2/t13?,14-,17-,18+,19-,21-/m1/s1. The summed E-state index contributed by atoms with van der Waals surface area (Å²) < 4.78 is 11.5. The van der Waals surface area contributed by atoms with Gasteiger partial charge in [-0.05, 0) is 17.7 Å². The first kappa shape index (κ1) is 21.3. The van der Waals surface area contributed by atoms with E-state index in [1.54, 1.807) is 12.1 Å². The Balaban J connectivity index is 1.81. The Bertz CT molecular complexity index is 987. The second-order valence-corrected chi connectivity index (χ2v) is 7.61. The fourth-order valence-corrected chi connectivity index (χ4v) is 3.98. The number of aliphatic hydroxyl groups excluding tert-OH is 4. The zero-order valence-corrected chi connectivity index (χ0v) is 16.1. The van der Waals surface area contributed by atoms with Gasteiger partial charge in [-0.2, -0.15) is 0 Å². The molecule has 0 amide bonds. The number of aromatic hydroxyl groups is 3. The summed E-state index contributed by atoms with van der Waals surface area (Å²) in [5, 5.41) is 70.4. The highest BCUT2D eigenvalue weighted by molar-refractivity contribution is 6.03. The summed E-state index contributed by atoms with van der Waals surface area (Å²) in [5.41, 5.74) is 0.112. The molecule has 1 unspecified atom stereocenters. The summed E-state index contributed by atoms with van der Waals surface area (Å²) >= 11 is 0. The lowest BCUT2D eigenvalue weighted by Crippen LogP contribution is -2.55. The van der Waals surface area contributed by atoms with Crippen molar-refractivity contribution in [1.29, 1.82) is 0 Å². The van der Waals surface area contributed by atoms with Gasteiger partial charge in [-0.15, -0.1) is 0 Å². The number of ether oxygens (including phenoxy) is 2. The van der Waals surface area contributed by atoms with Gasteiger partial charge in [0.15, 0.2) is 5.78 Å². The first-order valence-electron chi connectivity index (χ1n) is 9.61. The first-order valence-corrected chi connectivity index (χ1v) is 9.61. The van der Waals surface area contributed by atoms with Crippen LogP contribution in [0.5, 0.6) is 23.0 Å². The largest absolute Gasteiger partial charge is 0.508 e. The molecule has 0 saturated carbocycles. The Kier molecular flexibility index (Phi) is 5.50. The molecule has 2 aliphatic heterocycles. The van der Waals surface area contributed by atoms with Crippen molar-refractivity contribution in [1.82, 2.24) is 0 Å². The van der Waals surface area contributed by atoms with Gasteiger partial charge in [-0.1, -0.05) is 12.1 Å². The van der Waals surface area contributed by atoms with Crippen molar-refractivity contribution in [3.05, 3.63) is 47.0 Å². The van der Waals surface area contributed by atoms with Gasteiger partial charge in [0.25, 0.3) is 0 Å². The van der Waals surface area contributed by atoms with Gasteiger partial charge in [0, 0.05) is 6.07 Å². The number of rotatable bonds is 3. The summed E-state index contributed by atoms with van der Waals surface area (Å²) in [5.74, 6) is -1.82. The van der Waals surface area contributed by atoms with Crippen molar-refractivity contribution in [3.8, 4) is 23.0 Å². The molecule has 2 heterocycles. The smallest absolute Gasteiger partial charge is 0.174 e. The highest BCUT2D eigenvalue weighted by atomic mass is 16.5. The van der Waals surface area contributed by atoms with E-state index in [1.165, 1.54) is 12.1 Å². The van der Waals surface area contributed by atoms with Gasteiger partial charge in [-0.25, -0.2) is 0 Å². The van der Waals surface area contributed by atoms with Crippen molar-refractivity contribution in [2.24, 2.45) is 0 Å². The Morgan fingerprint density at radius 3 is 2.26 bits per heavy atom. The lowest BCUT2D eigenvalue weighted by Gasteiger charge is -2.41. The van der Waals surface area contributed by atoms with Crippen LogP contribution >= 0.6 is 0 Å². The predicted octanol–water partition coefficient (Wildman–Crippen LogP) is 0.0248. The van der Waals surface area contributed by atoms with Crippen molar-refractivity contribution < 1.29 is 50.0 Å². The number of carbonyl (C=O) groups is 1. The highest BCUT2D eigenvalue weighted by Gasteiger charge is 2.47. The van der Waals surface area contributed by atoms with Gasteiger partial charge in [-0.3, -0.25) is 4.79 Å². The van der Waals surface area contributed by atoms with E-state index in [0.717, 1.165) is 6.07 Å². The van der Waals surface area contributed by atoms with Gasteiger partial charge < -0.3 is 45.2 Å². The lowest BCUT2D eigenvalue weighted by molar-refractivity contribution is -0.232. The Labute approximate surface area is 176 Å². The summed E-state index contributed by atoms with van der Waals surface area (Å²) in [6.07, 6.45) is -8.75. The molecule has 7 N–H and O–H groups in total. The molecule has 6 atom stereocenters. The van der Waals surface area contributed by atoms with E-state index in [-0.39, 0.29) is 29.0 Å². The van der Waals surface area contributed by atoms with Gasteiger partial charge in [0.05, 0.1) is 18.6 Å². The number of carbonyl (C=O) groups excluding carboxylic acids is 1. The van der Waals surface area contributed by atoms with E-state index in [4.69, 9.17) is 9.47 Å². The van der Waals surface area contributed by atoms with E-state index in [0.29, 0.717) is 5.56 Å². The SMILES string of the molecule is O=C1CC(c2ccc(O)cc2)Oc2c1c(O)cc(O)c2[C@H]1O[C@H](CO)[C@@H](O)[C@H](O)[C@H]1O. The molecule has 1 saturated heterocycles. The molecular formula is C21H22O10. The maximum absolute atomic E-state index is 12.8. The number of ketones is 1. The number of hydrogen-bond acceptors (Lipinski definition) is 10. The molecule has 31 heavy (non-hydrogen) atoms. The number of fused-ring (bicyclic) bond motifs is 1. The van der Waals surface area contributed by atoms with E-state index >= 15 is 0 Å². The van der Waals surface area contributed by atoms with Crippen LogP contribution in [0.1, 0.15) is 40.1 Å². The minimum Gasteiger partial charge on any atom is -0.508 e. The normalized spacial score (nSPS) is 30.5. The number of Topliss-reactive ketones (excluding diaryl/α,β-unsaturated/α-hetero) is 1. The maximum Gasteiger partial charge on any atom is 0.174 e. The summed E-state index contributed by atoms with van der Waals surface area (Å²) in [6.45, 7) is -0.682. The van der Waals surface area contributed by atoms with Crippen LogP contribution in [0.2, 0.25) is 0 Å². The molecule has 0 aromatic heterocycles. The van der Waals surface area contributed by atoms with E-state index < -0.39 is 60.5 Å². The Morgan fingerprint density at radius 2 is 1.61 bits per heavy atom. The van der Waals surface area contributed by atoms with E-state index in [1.807, 2.05) is 0 Å². The predicted molar refractivity (Wildman–Crippen MR) is 103 cm³/mol. The summed E-state index contributed by atoms with van der Waals surface area (Å²) in [7, 11) is 0. The van der Waals surface area contributed by atoms with Crippen LogP contribution in [0.3, 0.4) is 0 Å². The van der Waals surface area contributed by atoms with Crippen molar-refractivity contribution in [3.63, 3.8) is 0 Å². The molecule has 4 rings (SSSR count). The third-order valence-corrected chi connectivity index (χ3v) is 5.63. The highest BCUT2D eigenvalue weighted by Crippen LogP contribution is 2.50. The fraction of sp³-hybridized carbons (Fsp3) is 0.381. The number of benzene rings is 2. The minimum atomic E-state index is -1.73. The fourth-order valence-electron chi connectivity index (χ4n) is 3.98. The molecule has 0 aliphatic carbocycles. The van der Waals surface area contributed by atoms with Crippen molar-refractivity contribution >= 4 is 5.78 Å². The topological polar surface area (TPSA) is 177 Å². The number of hydrogen-bond donors (Lipinski definition) is 7. The van der Waals surface area contributed by atoms with Gasteiger partial charge >= 0.3 is 0 Å². The van der Waals surface area contributed by atoms with E-state index in [9.17, 15) is 40.5 Å². The molecule has 0 spiro atoms. The third kappa shape index (κ3) is 3.58. The quantitative estimate of drug-likeness (QED) is 0.348. The maximum atomic E-state index is 12.8. The molecule has 2 aliphatic rings. The molecular weight excluding hydrogens is 412 g/mol. The number of phenolic OH excluding ortho intramolecular Hbond substituents is 3. The summed E-state index contributed by atoms with van der Waals surface area (Å²) in [6, 6.07) is 6.83. The lowest BCUT2D eigenvalue weighted by atomic mass is 9.87. The van der Waals surface area contributed by atoms with Crippen LogP contribution < -0.4 is 4.74 Å². The second kappa shape index (κ2) is 7.98. The van der Waals surface area contributed by atoms with Crippen LogP contribution in [0.4, 0.5) is 0 Å². The van der Waals surface area contributed by atoms with Crippen LogP contribution in [-0.2, 0) is 4.74 Å². The molecule has 0 radical (unpaired) electrons. The van der Waals surface area contributed by atoms with Gasteiger partial charge in [0.2, 0.25) is 0 Å². The van der Waals surface area contributed by atoms with Crippen LogP contribution in [0, 0.1) is 0 Å². The molecule has 10 nitrogen and oxygen atoms in total. The van der Waals surface area contributed by atoms with E-state index in [2.05, 4.69) is 0 Å². The molecule has 0 bridgehead atoms. The van der Waals surface area contributed by atoms with Crippen LogP contribution in [0.25, 0.3) is 0 Å². The van der Waals surface area contributed by atoms with Crippen molar-refractivity contribution in [2.75, 3.05) is 6.61 Å². The van der Waals surface area contributed by atoms with Crippen LogP contribution in [0.15, 0.2) is 30.3 Å². The summed E-state index contributed by atoms with van der Waals surface area (Å²) in [4.78, 5) is 12.8. The molecule has 2 aromatic carbocycles. The zero-order chi connectivity index (χ0) is 22.4. The number of phenols is 3. The Morgan fingerprint density at radius 1 is 0.935 bits per heavy atom. The molecule has 2 aromatic rings. The molecule has 10 heteroatoms. The number of aliphatic hydroxyl groups is 4. The average molecular weight is 434 g/mol. The van der Waals surface area contributed by atoms with Gasteiger partial charge in [0.1, 0.15) is 65.2 Å². The second-order valence-electron chi connectivity index (χ2n) is 7.61. The first-order chi connectivity index (χ1) is 14.7. The zero-order valence-electron chi connectivity index (χ0n) is 16.1. The molecule has 1 fully saturated rings.